The maximum Gasteiger partial charge on any atom is 0.230 e. The number of anilines is 1. The Bertz CT molecular complexity index is 715. The van der Waals surface area contributed by atoms with Crippen molar-refractivity contribution in [2.24, 2.45) is 0 Å². The van der Waals surface area contributed by atoms with Gasteiger partial charge in [-0.05, 0) is 41.6 Å². The van der Waals surface area contributed by atoms with Crippen molar-refractivity contribution in [2.45, 2.75) is 6.92 Å². The summed E-state index contributed by atoms with van der Waals surface area (Å²) in [6.07, 6.45) is 0. The number of aromatic nitrogens is 1. The zero-order valence-electron chi connectivity index (χ0n) is 10.2. The second-order valence-corrected chi connectivity index (χ2v) is 5.13. The molecule has 0 spiro atoms. The van der Waals surface area contributed by atoms with Crippen molar-refractivity contribution in [3.8, 4) is 21.7 Å². The SMILES string of the molecule is Cc1ccsc1-c1noc(N)c1-c1ccc(F)cc1. The minimum Gasteiger partial charge on any atom is -0.367 e. The van der Waals surface area contributed by atoms with Crippen LogP contribution >= 0.6 is 11.3 Å². The Morgan fingerprint density at radius 3 is 2.58 bits per heavy atom. The highest BCUT2D eigenvalue weighted by atomic mass is 32.1. The molecule has 0 amide bonds. The highest BCUT2D eigenvalue weighted by Crippen LogP contribution is 2.39. The molecule has 3 nitrogen and oxygen atoms in total. The minimum atomic E-state index is -0.285. The van der Waals surface area contributed by atoms with Gasteiger partial charge >= 0.3 is 0 Å². The molecule has 0 unspecified atom stereocenters. The van der Waals surface area contributed by atoms with E-state index in [1.807, 2.05) is 18.4 Å². The molecule has 0 saturated carbocycles. The number of halogens is 1. The van der Waals surface area contributed by atoms with Gasteiger partial charge < -0.3 is 10.3 Å². The number of nitrogen functional groups attached to an aromatic ring is 1. The molecule has 0 fully saturated rings. The molecule has 0 aliphatic rings. The van der Waals surface area contributed by atoms with E-state index in [1.54, 1.807) is 23.5 Å². The Morgan fingerprint density at radius 2 is 1.95 bits per heavy atom. The Kier molecular flexibility index (Phi) is 2.83. The molecule has 5 heteroatoms. The standard InChI is InChI=1S/C14H11FN2OS/c1-8-6-7-19-13(8)12-11(14(16)18-17-12)9-2-4-10(15)5-3-9/h2-7H,16H2,1H3. The van der Waals surface area contributed by atoms with Crippen LogP contribution in [-0.2, 0) is 0 Å². The smallest absolute Gasteiger partial charge is 0.230 e. The number of benzene rings is 1. The third-order valence-electron chi connectivity index (χ3n) is 2.93. The molecule has 0 bridgehead atoms. The third kappa shape index (κ3) is 2.02. The quantitative estimate of drug-likeness (QED) is 0.765. The fraction of sp³-hybridized carbons (Fsp3) is 0.0714. The number of hydrogen-bond donors (Lipinski definition) is 1. The van der Waals surface area contributed by atoms with Crippen molar-refractivity contribution in [1.29, 1.82) is 0 Å². The van der Waals surface area contributed by atoms with Crippen LogP contribution in [0.25, 0.3) is 21.7 Å². The van der Waals surface area contributed by atoms with E-state index < -0.39 is 0 Å². The highest BCUT2D eigenvalue weighted by molar-refractivity contribution is 7.13. The lowest BCUT2D eigenvalue weighted by atomic mass is 10.0. The summed E-state index contributed by atoms with van der Waals surface area (Å²) in [5.74, 6) is -0.0398. The van der Waals surface area contributed by atoms with Crippen LogP contribution in [-0.4, -0.2) is 5.16 Å². The Hall–Kier alpha value is -2.14. The molecule has 2 N–H and O–H groups in total. The molecule has 2 heterocycles. The van der Waals surface area contributed by atoms with Crippen LogP contribution in [0.5, 0.6) is 0 Å². The van der Waals surface area contributed by atoms with Crippen molar-refractivity contribution in [3.63, 3.8) is 0 Å². The summed E-state index contributed by atoms with van der Waals surface area (Å²) in [7, 11) is 0. The monoisotopic (exact) mass is 274 g/mol. The van der Waals surface area contributed by atoms with Gasteiger partial charge in [0.1, 0.15) is 11.5 Å². The third-order valence-corrected chi connectivity index (χ3v) is 3.95. The zero-order valence-corrected chi connectivity index (χ0v) is 11.0. The summed E-state index contributed by atoms with van der Waals surface area (Å²) in [5.41, 5.74) is 9.18. The molecule has 0 radical (unpaired) electrons. The Labute approximate surface area is 113 Å². The van der Waals surface area contributed by atoms with Crippen molar-refractivity contribution < 1.29 is 8.91 Å². The topological polar surface area (TPSA) is 52.0 Å². The normalized spacial score (nSPS) is 10.8. The first kappa shape index (κ1) is 11.9. The molecule has 0 aliphatic carbocycles. The summed E-state index contributed by atoms with van der Waals surface area (Å²) in [6.45, 7) is 2.01. The minimum absolute atomic E-state index is 0.245. The van der Waals surface area contributed by atoms with Gasteiger partial charge in [0.15, 0.2) is 0 Å². The van der Waals surface area contributed by atoms with Gasteiger partial charge in [-0.1, -0.05) is 17.3 Å². The van der Waals surface area contributed by atoms with E-state index in [-0.39, 0.29) is 11.7 Å². The van der Waals surface area contributed by atoms with Crippen LogP contribution in [0.4, 0.5) is 10.3 Å². The van der Waals surface area contributed by atoms with Gasteiger partial charge in [0.05, 0.1) is 10.4 Å². The second kappa shape index (κ2) is 4.51. The van der Waals surface area contributed by atoms with Crippen molar-refractivity contribution in [3.05, 3.63) is 47.1 Å². The van der Waals surface area contributed by atoms with Gasteiger partial charge in [-0.3, -0.25) is 0 Å². The van der Waals surface area contributed by atoms with Gasteiger partial charge in [-0.15, -0.1) is 11.3 Å². The van der Waals surface area contributed by atoms with Gasteiger partial charge in [0.25, 0.3) is 0 Å². The van der Waals surface area contributed by atoms with E-state index in [4.69, 9.17) is 10.3 Å². The summed E-state index contributed by atoms with van der Waals surface area (Å²) in [5, 5.41) is 6.02. The van der Waals surface area contributed by atoms with Gasteiger partial charge in [-0.25, -0.2) is 4.39 Å². The molecular weight excluding hydrogens is 263 g/mol. The number of hydrogen-bond acceptors (Lipinski definition) is 4. The van der Waals surface area contributed by atoms with Gasteiger partial charge in [0, 0.05) is 0 Å². The van der Waals surface area contributed by atoms with Crippen LogP contribution in [0, 0.1) is 12.7 Å². The lowest BCUT2D eigenvalue weighted by Crippen LogP contribution is -1.87. The molecular formula is C14H11FN2OS. The van der Waals surface area contributed by atoms with Crippen LogP contribution in [0.15, 0.2) is 40.2 Å². The number of thiophene rings is 1. The number of rotatable bonds is 2. The molecule has 3 aromatic rings. The second-order valence-electron chi connectivity index (χ2n) is 4.21. The van der Waals surface area contributed by atoms with Gasteiger partial charge in [0.2, 0.25) is 5.88 Å². The number of nitrogens with two attached hydrogens (primary N) is 1. The fourth-order valence-corrected chi connectivity index (χ4v) is 2.88. The summed E-state index contributed by atoms with van der Waals surface area (Å²) >= 11 is 1.58. The van der Waals surface area contributed by atoms with Crippen molar-refractivity contribution in [1.82, 2.24) is 5.16 Å². The Morgan fingerprint density at radius 1 is 1.21 bits per heavy atom. The maximum absolute atomic E-state index is 13.0. The lowest BCUT2D eigenvalue weighted by molar-refractivity contribution is 0.439. The van der Waals surface area contributed by atoms with E-state index in [9.17, 15) is 4.39 Å². The summed E-state index contributed by atoms with van der Waals surface area (Å²) in [4.78, 5) is 1.01. The molecule has 96 valence electrons. The zero-order chi connectivity index (χ0) is 13.4. The van der Waals surface area contributed by atoms with Crippen molar-refractivity contribution >= 4 is 17.2 Å². The van der Waals surface area contributed by atoms with Crippen LogP contribution in [0.2, 0.25) is 0 Å². The predicted octanol–water partition coefficient (Wildman–Crippen LogP) is 4.10. The van der Waals surface area contributed by atoms with Crippen molar-refractivity contribution in [2.75, 3.05) is 5.73 Å². The average Bonchev–Trinajstić information content (AvgIpc) is 2.97. The molecule has 3 rings (SSSR count). The van der Waals surface area contributed by atoms with E-state index >= 15 is 0 Å². The predicted molar refractivity (Wildman–Crippen MR) is 74.4 cm³/mol. The van der Waals surface area contributed by atoms with Crippen LogP contribution < -0.4 is 5.73 Å². The van der Waals surface area contributed by atoms with E-state index in [1.165, 1.54) is 12.1 Å². The molecule has 2 aromatic heterocycles. The molecule has 0 saturated heterocycles. The lowest BCUT2D eigenvalue weighted by Gasteiger charge is -2.02. The highest BCUT2D eigenvalue weighted by Gasteiger charge is 2.19. The molecule has 0 aliphatic heterocycles. The van der Waals surface area contributed by atoms with Gasteiger partial charge in [-0.2, -0.15) is 0 Å². The van der Waals surface area contributed by atoms with E-state index in [2.05, 4.69) is 5.16 Å². The molecule has 1 aromatic carbocycles. The van der Waals surface area contributed by atoms with Crippen LogP contribution in [0.1, 0.15) is 5.56 Å². The number of nitrogens with zero attached hydrogens (tertiary/aromatic N) is 1. The number of aryl methyl sites for hydroxylation is 1. The maximum atomic E-state index is 13.0. The fourth-order valence-electron chi connectivity index (χ4n) is 1.97. The average molecular weight is 274 g/mol. The first-order chi connectivity index (χ1) is 9.16. The van der Waals surface area contributed by atoms with E-state index in [0.29, 0.717) is 11.3 Å². The summed E-state index contributed by atoms with van der Waals surface area (Å²) in [6, 6.07) is 8.15. The first-order valence-corrected chi connectivity index (χ1v) is 6.60. The molecule has 19 heavy (non-hydrogen) atoms. The first-order valence-electron chi connectivity index (χ1n) is 5.72. The largest absolute Gasteiger partial charge is 0.367 e. The van der Waals surface area contributed by atoms with Crippen LogP contribution in [0.3, 0.4) is 0 Å². The summed E-state index contributed by atoms with van der Waals surface area (Å²) < 4.78 is 18.1. The van der Waals surface area contributed by atoms with E-state index in [0.717, 1.165) is 16.0 Å². The molecule has 0 atom stereocenters. The Balaban J connectivity index is 2.19.